The number of hydrogen-bond donors (Lipinski definition) is 2. The molecule has 0 amide bonds. The molecule has 2 unspecified atom stereocenters. The second kappa shape index (κ2) is 6.85. The molecule has 0 saturated heterocycles. The Hall–Kier alpha value is -0.550. The number of rotatable bonds is 8. The van der Waals surface area contributed by atoms with Gasteiger partial charge in [-0.3, -0.25) is 0 Å². The molecule has 0 aromatic carbocycles. The van der Waals surface area contributed by atoms with Gasteiger partial charge in [0.25, 0.3) is 0 Å². The fraction of sp³-hybridized carbons (Fsp3) is 0.800. The van der Waals surface area contributed by atoms with Gasteiger partial charge in [0.15, 0.2) is 11.8 Å². The number of unbranched alkanes of at least 4 members (excludes halogenated alkanes) is 1. The molecule has 2 atom stereocenters. The van der Waals surface area contributed by atoms with E-state index in [2.05, 4.69) is 6.92 Å². The topological polar surface area (TPSA) is 80.4 Å². The Kier molecular flexibility index (Phi) is 6.60. The van der Waals surface area contributed by atoms with E-state index >= 15 is 0 Å². The average molecular weight is 233 g/mol. The molecule has 5 heteroatoms. The molecule has 88 valence electrons. The van der Waals surface area contributed by atoms with E-state index in [1.54, 1.807) is 11.8 Å². The Labute approximate surface area is 94.6 Å². The highest BCUT2D eigenvalue weighted by Crippen LogP contribution is 2.22. The molecule has 0 aliphatic heterocycles. The fourth-order valence-corrected chi connectivity index (χ4v) is 2.14. The van der Waals surface area contributed by atoms with Crippen LogP contribution < -0.4 is 5.73 Å². The van der Waals surface area contributed by atoms with E-state index in [0.29, 0.717) is 6.29 Å². The summed E-state index contributed by atoms with van der Waals surface area (Å²) in [5.41, 5.74) is 3.79. The molecular formula is C10H19NO3S. The van der Waals surface area contributed by atoms with E-state index in [9.17, 15) is 9.59 Å². The van der Waals surface area contributed by atoms with Crippen LogP contribution in [0.25, 0.3) is 0 Å². The summed E-state index contributed by atoms with van der Waals surface area (Å²) in [7, 11) is 0. The van der Waals surface area contributed by atoms with E-state index < -0.39 is 11.5 Å². The molecule has 0 aliphatic rings. The van der Waals surface area contributed by atoms with E-state index in [-0.39, 0.29) is 11.7 Å². The van der Waals surface area contributed by atoms with Crippen LogP contribution >= 0.6 is 11.8 Å². The summed E-state index contributed by atoms with van der Waals surface area (Å²) in [5.74, 6) is -1.24. The van der Waals surface area contributed by atoms with Gasteiger partial charge < -0.3 is 15.6 Å². The number of thioether (sulfide) groups is 1. The Bertz CT molecular complexity index is 223. The molecule has 3 N–H and O–H groups in total. The van der Waals surface area contributed by atoms with Gasteiger partial charge in [-0.25, -0.2) is 4.79 Å². The van der Waals surface area contributed by atoms with Crippen molar-refractivity contribution < 1.29 is 14.7 Å². The van der Waals surface area contributed by atoms with Crippen LogP contribution in [0.3, 0.4) is 0 Å². The molecule has 0 heterocycles. The minimum atomic E-state index is -1.72. The maximum atomic E-state index is 10.8. The molecule has 0 aliphatic carbocycles. The third-order valence-corrected chi connectivity index (χ3v) is 3.46. The Morgan fingerprint density at radius 3 is 2.60 bits per heavy atom. The third kappa shape index (κ3) is 4.66. The van der Waals surface area contributed by atoms with Gasteiger partial charge in [-0.05, 0) is 19.1 Å². The highest BCUT2D eigenvalue weighted by atomic mass is 32.2. The monoisotopic (exact) mass is 233 g/mol. The standard InChI is InChI=1S/C10H19NO3S/c1-3-4-5-8(15-2)6-10(11,7-12)9(13)14/h7-8H,3-6,11H2,1-2H3,(H,13,14). The minimum absolute atomic E-state index is 0.135. The minimum Gasteiger partial charge on any atom is -0.480 e. The number of carbonyl (C=O) groups excluding carboxylic acids is 1. The van der Waals surface area contributed by atoms with Crippen molar-refractivity contribution in [1.82, 2.24) is 0 Å². The lowest BCUT2D eigenvalue weighted by atomic mass is 9.94. The second-order valence-corrected chi connectivity index (χ2v) is 4.81. The number of carbonyl (C=O) groups is 2. The number of aliphatic carboxylic acids is 1. The first-order valence-corrected chi connectivity index (χ1v) is 6.30. The quantitative estimate of drug-likeness (QED) is 0.487. The van der Waals surface area contributed by atoms with Crippen LogP contribution in [0.5, 0.6) is 0 Å². The lowest BCUT2D eigenvalue weighted by molar-refractivity contribution is -0.145. The number of nitrogens with two attached hydrogens (primary N) is 1. The van der Waals surface area contributed by atoms with Crippen LogP contribution in [0.4, 0.5) is 0 Å². The van der Waals surface area contributed by atoms with Gasteiger partial charge in [0, 0.05) is 5.25 Å². The van der Waals surface area contributed by atoms with Gasteiger partial charge in [0.1, 0.15) is 0 Å². The lowest BCUT2D eigenvalue weighted by Gasteiger charge is -2.23. The molecule has 0 saturated carbocycles. The Morgan fingerprint density at radius 2 is 2.27 bits per heavy atom. The summed E-state index contributed by atoms with van der Waals surface area (Å²) in [4.78, 5) is 21.5. The van der Waals surface area contributed by atoms with Gasteiger partial charge in [0.05, 0.1) is 0 Å². The van der Waals surface area contributed by atoms with Crippen molar-refractivity contribution in [3.8, 4) is 0 Å². The summed E-state index contributed by atoms with van der Waals surface area (Å²) < 4.78 is 0. The highest BCUT2D eigenvalue weighted by Gasteiger charge is 2.35. The zero-order valence-electron chi connectivity index (χ0n) is 9.23. The van der Waals surface area contributed by atoms with Crippen molar-refractivity contribution in [2.75, 3.05) is 6.26 Å². The summed E-state index contributed by atoms with van der Waals surface area (Å²) in [6, 6.07) is 0. The van der Waals surface area contributed by atoms with Crippen LogP contribution in [0.2, 0.25) is 0 Å². The largest absolute Gasteiger partial charge is 0.480 e. The van der Waals surface area contributed by atoms with Gasteiger partial charge in [-0.1, -0.05) is 19.8 Å². The molecular weight excluding hydrogens is 214 g/mol. The maximum Gasteiger partial charge on any atom is 0.331 e. The zero-order chi connectivity index (χ0) is 11.9. The average Bonchev–Trinajstić information content (AvgIpc) is 2.23. The van der Waals surface area contributed by atoms with Gasteiger partial charge in [-0.2, -0.15) is 11.8 Å². The number of carboxylic acid groups (broad SMARTS) is 1. The number of carboxylic acids is 1. The first-order valence-electron chi connectivity index (χ1n) is 5.01. The van der Waals surface area contributed by atoms with Crippen molar-refractivity contribution >= 4 is 24.0 Å². The molecule has 0 bridgehead atoms. The Morgan fingerprint density at radius 1 is 1.67 bits per heavy atom. The van der Waals surface area contributed by atoms with Crippen LogP contribution in [0.1, 0.15) is 32.6 Å². The van der Waals surface area contributed by atoms with Crippen molar-refractivity contribution in [3.05, 3.63) is 0 Å². The van der Waals surface area contributed by atoms with Crippen LogP contribution in [-0.2, 0) is 9.59 Å². The van der Waals surface area contributed by atoms with Crippen LogP contribution in [0.15, 0.2) is 0 Å². The molecule has 4 nitrogen and oxygen atoms in total. The number of hydrogen-bond acceptors (Lipinski definition) is 4. The summed E-state index contributed by atoms with van der Waals surface area (Å²) in [5, 5.41) is 8.97. The first-order chi connectivity index (χ1) is 7.00. The predicted molar refractivity (Wildman–Crippen MR) is 62.1 cm³/mol. The van der Waals surface area contributed by atoms with Crippen molar-refractivity contribution in [2.24, 2.45) is 5.73 Å². The normalized spacial score (nSPS) is 16.7. The van der Waals surface area contributed by atoms with E-state index in [0.717, 1.165) is 19.3 Å². The fourth-order valence-electron chi connectivity index (χ4n) is 1.30. The predicted octanol–water partition coefficient (Wildman–Crippen LogP) is 1.28. The first kappa shape index (κ1) is 14.5. The van der Waals surface area contributed by atoms with Crippen molar-refractivity contribution in [2.45, 2.75) is 43.4 Å². The molecule has 15 heavy (non-hydrogen) atoms. The van der Waals surface area contributed by atoms with Crippen molar-refractivity contribution in [1.29, 1.82) is 0 Å². The van der Waals surface area contributed by atoms with Crippen LogP contribution in [-0.4, -0.2) is 34.4 Å². The molecule has 0 radical (unpaired) electrons. The SMILES string of the molecule is CCCCC(CC(N)(C=O)C(=O)O)SC. The van der Waals surface area contributed by atoms with E-state index in [1.165, 1.54) is 0 Å². The molecule has 0 fully saturated rings. The van der Waals surface area contributed by atoms with Crippen LogP contribution in [0, 0.1) is 0 Å². The van der Waals surface area contributed by atoms with Gasteiger partial charge in [0.2, 0.25) is 0 Å². The highest BCUT2D eigenvalue weighted by molar-refractivity contribution is 7.99. The molecule has 0 aromatic rings. The van der Waals surface area contributed by atoms with E-state index in [4.69, 9.17) is 10.8 Å². The maximum absolute atomic E-state index is 10.8. The van der Waals surface area contributed by atoms with Crippen molar-refractivity contribution in [3.63, 3.8) is 0 Å². The zero-order valence-corrected chi connectivity index (χ0v) is 10.0. The number of aldehydes is 1. The molecule has 0 spiro atoms. The summed E-state index contributed by atoms with van der Waals surface area (Å²) in [6.07, 6.45) is 5.44. The van der Waals surface area contributed by atoms with E-state index in [1.807, 2.05) is 6.26 Å². The lowest BCUT2D eigenvalue weighted by Crippen LogP contribution is -2.51. The molecule has 0 aromatic heterocycles. The second-order valence-electron chi connectivity index (χ2n) is 3.67. The molecule has 0 rings (SSSR count). The third-order valence-electron chi connectivity index (χ3n) is 2.39. The van der Waals surface area contributed by atoms with Gasteiger partial charge in [-0.15, -0.1) is 0 Å². The summed E-state index contributed by atoms with van der Waals surface area (Å²) >= 11 is 1.57. The Balaban J connectivity index is 4.36. The summed E-state index contributed by atoms with van der Waals surface area (Å²) in [6.45, 7) is 2.07. The smallest absolute Gasteiger partial charge is 0.331 e. The van der Waals surface area contributed by atoms with Gasteiger partial charge >= 0.3 is 5.97 Å².